The van der Waals surface area contributed by atoms with E-state index < -0.39 is 5.97 Å². The predicted molar refractivity (Wildman–Crippen MR) is 82.3 cm³/mol. The molecular formula is C16H14N4O3. The number of amides is 1. The van der Waals surface area contributed by atoms with Gasteiger partial charge in [0.15, 0.2) is 5.69 Å². The zero-order valence-electron chi connectivity index (χ0n) is 12.4. The van der Waals surface area contributed by atoms with Gasteiger partial charge in [-0.25, -0.2) is 4.79 Å². The molecule has 116 valence electrons. The van der Waals surface area contributed by atoms with E-state index in [1.54, 1.807) is 18.2 Å². The largest absolute Gasteiger partial charge is 0.464 e. The minimum Gasteiger partial charge on any atom is -0.464 e. The molecule has 3 N–H and O–H groups in total. The molecule has 7 nitrogen and oxygen atoms in total. The van der Waals surface area contributed by atoms with Gasteiger partial charge in [0.1, 0.15) is 6.07 Å². The first-order chi connectivity index (χ1) is 11.1. The third kappa shape index (κ3) is 2.21. The van der Waals surface area contributed by atoms with Crippen LogP contribution in [0.4, 0.5) is 5.69 Å². The third-order valence-electron chi connectivity index (χ3n) is 3.86. The maximum atomic E-state index is 12.1. The molecule has 0 aliphatic carbocycles. The number of carbonyl (C=O) groups is 2. The van der Waals surface area contributed by atoms with Crippen molar-refractivity contribution in [3.8, 4) is 11.8 Å². The van der Waals surface area contributed by atoms with Gasteiger partial charge in [-0.15, -0.1) is 0 Å². The highest BCUT2D eigenvalue weighted by atomic mass is 16.5. The molecule has 0 atom stereocenters. The van der Waals surface area contributed by atoms with Gasteiger partial charge in [-0.1, -0.05) is 6.07 Å². The van der Waals surface area contributed by atoms with Crippen molar-refractivity contribution in [2.75, 3.05) is 19.4 Å². The van der Waals surface area contributed by atoms with Crippen LogP contribution in [0.25, 0.3) is 5.69 Å². The molecule has 1 aromatic carbocycles. The number of rotatable bonds is 2. The van der Waals surface area contributed by atoms with Gasteiger partial charge in [-0.2, -0.15) is 5.26 Å². The summed E-state index contributed by atoms with van der Waals surface area (Å²) in [5, 5.41) is 12.0. The second kappa shape index (κ2) is 5.50. The summed E-state index contributed by atoms with van der Waals surface area (Å²) in [6.07, 6.45) is 2.11. The van der Waals surface area contributed by atoms with Crippen LogP contribution < -0.4 is 11.1 Å². The van der Waals surface area contributed by atoms with E-state index in [2.05, 4.69) is 5.32 Å². The maximum Gasteiger partial charge on any atom is 0.357 e. The topological polar surface area (TPSA) is 110 Å². The molecule has 1 aliphatic rings. The first kappa shape index (κ1) is 14.7. The molecule has 1 amide bonds. The standard InChI is InChI=1S/C16H14N4O3/c1-23-16(22)14-13(18)9(7-17)8-20(14)12-4-2-3-11-10(12)5-6-19-15(11)21/h2-4,8H,5-6,18H2,1H3,(H,19,21). The number of hydrogen-bond donors (Lipinski definition) is 2. The van der Waals surface area contributed by atoms with E-state index in [0.29, 0.717) is 24.2 Å². The Labute approximate surface area is 132 Å². The number of benzene rings is 1. The van der Waals surface area contributed by atoms with Crippen molar-refractivity contribution in [1.29, 1.82) is 5.26 Å². The minimum atomic E-state index is -0.637. The van der Waals surface area contributed by atoms with Gasteiger partial charge in [0, 0.05) is 24.0 Å². The molecule has 1 aromatic heterocycles. The second-order valence-electron chi connectivity index (χ2n) is 5.09. The van der Waals surface area contributed by atoms with Crippen molar-refractivity contribution >= 4 is 17.6 Å². The highest BCUT2D eigenvalue weighted by Crippen LogP contribution is 2.29. The number of fused-ring (bicyclic) bond motifs is 1. The Balaban J connectivity index is 2.28. The van der Waals surface area contributed by atoms with Crippen molar-refractivity contribution in [2.45, 2.75) is 6.42 Å². The SMILES string of the molecule is COC(=O)c1c(N)c(C#N)cn1-c1cccc2c1CCNC2=O. The lowest BCUT2D eigenvalue weighted by molar-refractivity contribution is 0.0593. The first-order valence-corrected chi connectivity index (χ1v) is 6.98. The van der Waals surface area contributed by atoms with Gasteiger partial charge in [0.25, 0.3) is 5.91 Å². The average Bonchev–Trinajstić information content (AvgIpc) is 2.90. The molecule has 0 unspecified atom stereocenters. The lowest BCUT2D eigenvalue weighted by Crippen LogP contribution is -2.32. The Bertz CT molecular complexity index is 861. The molecule has 2 heterocycles. The van der Waals surface area contributed by atoms with Crippen LogP contribution in [0.3, 0.4) is 0 Å². The van der Waals surface area contributed by atoms with Crippen LogP contribution in [0.15, 0.2) is 24.4 Å². The van der Waals surface area contributed by atoms with Crippen molar-refractivity contribution in [3.05, 3.63) is 46.8 Å². The van der Waals surface area contributed by atoms with Crippen molar-refractivity contribution in [2.24, 2.45) is 0 Å². The van der Waals surface area contributed by atoms with Crippen LogP contribution in [-0.4, -0.2) is 30.1 Å². The van der Waals surface area contributed by atoms with Crippen LogP contribution >= 0.6 is 0 Å². The summed E-state index contributed by atoms with van der Waals surface area (Å²) in [4.78, 5) is 24.1. The van der Waals surface area contributed by atoms with Crippen LogP contribution in [0, 0.1) is 11.3 Å². The summed E-state index contributed by atoms with van der Waals surface area (Å²) in [5.74, 6) is -0.796. The zero-order valence-corrected chi connectivity index (χ0v) is 12.4. The van der Waals surface area contributed by atoms with Gasteiger partial charge in [0.05, 0.1) is 18.4 Å². The maximum absolute atomic E-state index is 12.1. The van der Waals surface area contributed by atoms with Crippen LogP contribution in [0.2, 0.25) is 0 Å². The van der Waals surface area contributed by atoms with Crippen molar-refractivity contribution < 1.29 is 14.3 Å². The number of methoxy groups -OCH3 is 1. The molecule has 0 saturated heterocycles. The van der Waals surface area contributed by atoms with Crippen molar-refractivity contribution in [1.82, 2.24) is 9.88 Å². The summed E-state index contributed by atoms with van der Waals surface area (Å²) in [7, 11) is 1.25. The summed E-state index contributed by atoms with van der Waals surface area (Å²) >= 11 is 0. The van der Waals surface area contributed by atoms with Crippen molar-refractivity contribution in [3.63, 3.8) is 0 Å². The molecule has 0 saturated carbocycles. The summed E-state index contributed by atoms with van der Waals surface area (Å²) in [5.41, 5.74) is 8.25. The van der Waals surface area contributed by atoms with Crippen LogP contribution in [0.5, 0.6) is 0 Å². The number of aromatic nitrogens is 1. The highest BCUT2D eigenvalue weighted by Gasteiger charge is 2.25. The molecule has 0 fully saturated rings. The number of nitrogens with two attached hydrogens (primary N) is 1. The number of anilines is 1. The first-order valence-electron chi connectivity index (χ1n) is 6.98. The number of nitrogen functional groups attached to an aromatic ring is 1. The van der Waals surface area contributed by atoms with Crippen LogP contribution in [-0.2, 0) is 11.2 Å². The normalized spacial score (nSPS) is 13.0. The van der Waals surface area contributed by atoms with E-state index in [-0.39, 0.29) is 22.9 Å². The number of nitrogens with zero attached hydrogens (tertiary/aromatic N) is 2. The fourth-order valence-electron chi connectivity index (χ4n) is 2.78. The molecular weight excluding hydrogens is 296 g/mol. The third-order valence-corrected chi connectivity index (χ3v) is 3.86. The molecule has 7 heteroatoms. The molecule has 0 radical (unpaired) electrons. The Morgan fingerprint density at radius 2 is 2.26 bits per heavy atom. The van der Waals surface area contributed by atoms with E-state index in [0.717, 1.165) is 5.56 Å². The molecule has 23 heavy (non-hydrogen) atoms. The number of nitrogens with one attached hydrogen (secondary N) is 1. The van der Waals surface area contributed by atoms with Gasteiger partial charge in [-0.05, 0) is 24.1 Å². The number of esters is 1. The van der Waals surface area contributed by atoms with E-state index in [9.17, 15) is 14.9 Å². The zero-order chi connectivity index (χ0) is 16.6. The number of carbonyl (C=O) groups excluding carboxylic acids is 2. The summed E-state index contributed by atoms with van der Waals surface area (Å²) in [6.45, 7) is 0.512. The number of hydrogen-bond acceptors (Lipinski definition) is 5. The second-order valence-corrected chi connectivity index (χ2v) is 5.09. The average molecular weight is 310 g/mol. The fraction of sp³-hybridized carbons (Fsp3) is 0.188. The fourth-order valence-corrected chi connectivity index (χ4v) is 2.78. The predicted octanol–water partition coefficient (Wildman–Crippen LogP) is 1.00. The molecule has 3 rings (SSSR count). The Morgan fingerprint density at radius 3 is 2.96 bits per heavy atom. The highest BCUT2D eigenvalue weighted by molar-refractivity contribution is 5.99. The number of nitriles is 1. The molecule has 1 aliphatic heterocycles. The summed E-state index contributed by atoms with van der Waals surface area (Å²) in [6, 6.07) is 7.19. The van der Waals surface area contributed by atoms with Crippen LogP contribution in [0.1, 0.15) is 32.0 Å². The monoisotopic (exact) mass is 310 g/mol. The Kier molecular flexibility index (Phi) is 3.50. The smallest absolute Gasteiger partial charge is 0.357 e. The van der Waals surface area contributed by atoms with E-state index >= 15 is 0 Å². The minimum absolute atomic E-state index is 0.0669. The van der Waals surface area contributed by atoms with Gasteiger partial charge < -0.3 is 20.4 Å². The van der Waals surface area contributed by atoms with Gasteiger partial charge in [-0.3, -0.25) is 4.79 Å². The molecule has 0 bridgehead atoms. The van der Waals surface area contributed by atoms with E-state index in [1.165, 1.54) is 17.9 Å². The Morgan fingerprint density at radius 1 is 1.48 bits per heavy atom. The van der Waals surface area contributed by atoms with E-state index in [1.807, 2.05) is 6.07 Å². The molecule has 2 aromatic rings. The van der Waals surface area contributed by atoms with E-state index in [4.69, 9.17) is 10.5 Å². The lowest BCUT2D eigenvalue weighted by Gasteiger charge is -2.21. The lowest BCUT2D eigenvalue weighted by atomic mass is 9.98. The molecule has 0 spiro atoms. The summed E-state index contributed by atoms with van der Waals surface area (Å²) < 4.78 is 6.30. The van der Waals surface area contributed by atoms with Gasteiger partial charge >= 0.3 is 5.97 Å². The van der Waals surface area contributed by atoms with Gasteiger partial charge in [0.2, 0.25) is 0 Å². The quantitative estimate of drug-likeness (QED) is 0.804. The Hall–Kier alpha value is -3.27. The number of ether oxygens (including phenoxy) is 1.